The average molecular weight is 246 g/mol. The van der Waals surface area contributed by atoms with Crippen LogP contribution < -0.4 is 5.73 Å². The first-order valence-electron chi connectivity index (χ1n) is 4.25. The van der Waals surface area contributed by atoms with Crippen LogP contribution in [-0.4, -0.2) is 14.7 Å². The van der Waals surface area contributed by atoms with Gasteiger partial charge in [0.25, 0.3) is 5.69 Å². The van der Waals surface area contributed by atoms with Gasteiger partial charge < -0.3 is 15.5 Å². The molecule has 0 aromatic heterocycles. The first kappa shape index (κ1) is 12.8. The van der Waals surface area contributed by atoms with Crippen LogP contribution in [0.25, 0.3) is 0 Å². The van der Waals surface area contributed by atoms with Crippen LogP contribution in [0.5, 0.6) is 0 Å². The van der Waals surface area contributed by atoms with Crippen molar-refractivity contribution in [2.24, 2.45) is 5.73 Å². The van der Waals surface area contributed by atoms with Crippen molar-refractivity contribution >= 4 is 13.3 Å². The van der Waals surface area contributed by atoms with Crippen LogP contribution in [0.4, 0.5) is 5.69 Å². The summed E-state index contributed by atoms with van der Waals surface area (Å²) >= 11 is 0. The largest absolute Gasteiger partial charge is 0.349 e. The van der Waals surface area contributed by atoms with Gasteiger partial charge in [0.2, 0.25) is 0 Å². The van der Waals surface area contributed by atoms with Crippen molar-refractivity contribution in [2.75, 3.05) is 0 Å². The van der Waals surface area contributed by atoms with E-state index in [1.54, 1.807) is 0 Å². The van der Waals surface area contributed by atoms with Gasteiger partial charge in [0.05, 0.1) is 4.92 Å². The Balaban J connectivity index is 3.17. The van der Waals surface area contributed by atoms with E-state index >= 15 is 0 Å². The Kier molecular flexibility index (Phi) is 3.16. The van der Waals surface area contributed by atoms with Crippen molar-refractivity contribution in [1.82, 2.24) is 0 Å². The summed E-state index contributed by atoms with van der Waals surface area (Å²) in [5.41, 5.74) is 5.49. The number of nitrogens with zero attached hydrogens (tertiary/aromatic N) is 1. The SMILES string of the molecule is C[C@](N)(c1ccc([N+](=O)[O-])cc1)P(=O)(O)O. The lowest BCUT2D eigenvalue weighted by Crippen LogP contribution is -2.32. The van der Waals surface area contributed by atoms with Gasteiger partial charge in [-0.2, -0.15) is 0 Å². The highest BCUT2D eigenvalue weighted by Crippen LogP contribution is 2.52. The van der Waals surface area contributed by atoms with Gasteiger partial charge in [0, 0.05) is 12.1 Å². The number of hydrogen-bond acceptors (Lipinski definition) is 4. The zero-order valence-electron chi connectivity index (χ0n) is 8.40. The molecule has 0 heterocycles. The molecule has 0 saturated heterocycles. The number of hydrogen-bond donors (Lipinski definition) is 3. The zero-order valence-corrected chi connectivity index (χ0v) is 9.29. The number of nitrogens with two attached hydrogens (primary N) is 1. The molecule has 0 aliphatic carbocycles. The predicted octanol–water partition coefficient (Wildman–Crippen LogP) is 0.904. The maximum atomic E-state index is 11.1. The minimum Gasteiger partial charge on any atom is -0.323 e. The van der Waals surface area contributed by atoms with Crippen LogP contribution in [0.1, 0.15) is 12.5 Å². The second-order valence-electron chi connectivity index (χ2n) is 3.50. The number of non-ortho nitro benzene ring substituents is 1. The molecule has 0 aliphatic heterocycles. The first-order valence-corrected chi connectivity index (χ1v) is 5.87. The van der Waals surface area contributed by atoms with Gasteiger partial charge in [-0.1, -0.05) is 0 Å². The molecule has 0 saturated carbocycles. The highest BCUT2D eigenvalue weighted by atomic mass is 31.2. The summed E-state index contributed by atoms with van der Waals surface area (Å²) < 4.78 is 11.1. The van der Waals surface area contributed by atoms with Crippen LogP contribution in [-0.2, 0) is 9.85 Å². The third kappa shape index (κ3) is 2.28. The van der Waals surface area contributed by atoms with Crippen LogP contribution in [0.3, 0.4) is 0 Å². The summed E-state index contributed by atoms with van der Waals surface area (Å²) in [5.74, 6) is 0. The van der Waals surface area contributed by atoms with E-state index < -0.39 is 17.8 Å². The lowest BCUT2D eigenvalue weighted by atomic mass is 10.1. The highest BCUT2D eigenvalue weighted by molar-refractivity contribution is 7.53. The lowest BCUT2D eigenvalue weighted by molar-refractivity contribution is -0.384. The van der Waals surface area contributed by atoms with Crippen LogP contribution >= 0.6 is 7.60 Å². The maximum Gasteiger partial charge on any atom is 0.349 e. The van der Waals surface area contributed by atoms with Crippen molar-refractivity contribution in [3.8, 4) is 0 Å². The molecule has 1 atom stereocenters. The molecule has 0 amide bonds. The van der Waals surface area contributed by atoms with Gasteiger partial charge in [0.1, 0.15) is 5.28 Å². The molecule has 0 unspecified atom stereocenters. The molecule has 0 fully saturated rings. The fourth-order valence-electron chi connectivity index (χ4n) is 1.09. The Hall–Kier alpha value is -1.27. The van der Waals surface area contributed by atoms with E-state index in [0.717, 1.165) is 12.1 Å². The van der Waals surface area contributed by atoms with Crippen molar-refractivity contribution in [1.29, 1.82) is 0 Å². The first-order chi connectivity index (χ1) is 7.16. The molecule has 1 aromatic rings. The minimum atomic E-state index is -4.52. The summed E-state index contributed by atoms with van der Waals surface area (Å²) in [6, 6.07) is 4.76. The van der Waals surface area contributed by atoms with E-state index in [4.69, 9.17) is 15.5 Å². The minimum absolute atomic E-state index is 0.145. The van der Waals surface area contributed by atoms with Gasteiger partial charge in [-0.3, -0.25) is 14.7 Å². The van der Waals surface area contributed by atoms with Crippen molar-refractivity contribution in [2.45, 2.75) is 12.2 Å². The van der Waals surface area contributed by atoms with Crippen LogP contribution in [0.15, 0.2) is 24.3 Å². The normalized spacial score (nSPS) is 15.5. The fourth-order valence-corrected chi connectivity index (χ4v) is 1.57. The Labute approximate surface area is 91.2 Å². The van der Waals surface area contributed by atoms with Crippen molar-refractivity contribution < 1.29 is 19.3 Å². The predicted molar refractivity (Wildman–Crippen MR) is 56.7 cm³/mol. The Morgan fingerprint density at radius 3 is 2.12 bits per heavy atom. The molecule has 1 rings (SSSR count). The Bertz CT molecular complexity index is 450. The summed E-state index contributed by atoms with van der Waals surface area (Å²) in [4.78, 5) is 27.8. The zero-order chi connectivity index (χ0) is 12.6. The summed E-state index contributed by atoms with van der Waals surface area (Å²) in [6.07, 6.45) is 0. The molecule has 8 heteroatoms. The van der Waals surface area contributed by atoms with E-state index in [9.17, 15) is 14.7 Å². The number of rotatable bonds is 3. The fraction of sp³-hybridized carbons (Fsp3) is 0.250. The molecule has 0 spiro atoms. The molecule has 0 radical (unpaired) electrons. The number of nitro groups is 1. The Morgan fingerprint density at radius 1 is 1.38 bits per heavy atom. The second-order valence-corrected chi connectivity index (χ2v) is 5.51. The van der Waals surface area contributed by atoms with E-state index in [1.807, 2.05) is 0 Å². The monoisotopic (exact) mass is 246 g/mol. The van der Waals surface area contributed by atoms with Crippen LogP contribution in [0.2, 0.25) is 0 Å². The van der Waals surface area contributed by atoms with Crippen molar-refractivity contribution in [3.63, 3.8) is 0 Å². The summed E-state index contributed by atoms with van der Waals surface area (Å²) in [6.45, 7) is 1.18. The topological polar surface area (TPSA) is 127 Å². The lowest BCUT2D eigenvalue weighted by Gasteiger charge is -2.25. The van der Waals surface area contributed by atoms with Gasteiger partial charge >= 0.3 is 7.60 Å². The molecule has 16 heavy (non-hydrogen) atoms. The van der Waals surface area contributed by atoms with E-state index in [-0.39, 0.29) is 11.3 Å². The van der Waals surface area contributed by atoms with Crippen LogP contribution in [0, 0.1) is 10.1 Å². The van der Waals surface area contributed by atoms with E-state index in [1.165, 1.54) is 19.1 Å². The molecular weight excluding hydrogens is 235 g/mol. The quantitative estimate of drug-likeness (QED) is 0.413. The molecule has 1 aromatic carbocycles. The van der Waals surface area contributed by atoms with E-state index in [0.29, 0.717) is 0 Å². The average Bonchev–Trinajstić information content (AvgIpc) is 2.16. The summed E-state index contributed by atoms with van der Waals surface area (Å²) in [5, 5.41) is 8.53. The number of benzene rings is 1. The third-order valence-electron chi connectivity index (χ3n) is 2.27. The summed E-state index contributed by atoms with van der Waals surface area (Å²) in [7, 11) is -4.52. The maximum absolute atomic E-state index is 11.1. The molecule has 4 N–H and O–H groups in total. The smallest absolute Gasteiger partial charge is 0.323 e. The van der Waals surface area contributed by atoms with E-state index in [2.05, 4.69) is 0 Å². The standard InChI is InChI=1S/C8H11N2O5P/c1-8(9,16(13,14)15)6-2-4-7(5-3-6)10(11)12/h2-5H,9H2,1H3,(H2,13,14,15)/t8-/m1/s1. The Morgan fingerprint density at radius 2 is 1.81 bits per heavy atom. The van der Waals surface area contributed by atoms with Gasteiger partial charge in [-0.15, -0.1) is 0 Å². The highest BCUT2D eigenvalue weighted by Gasteiger charge is 2.40. The molecule has 0 aliphatic rings. The molecule has 7 nitrogen and oxygen atoms in total. The molecule has 0 bridgehead atoms. The van der Waals surface area contributed by atoms with Gasteiger partial charge in [-0.05, 0) is 24.6 Å². The van der Waals surface area contributed by atoms with Gasteiger partial charge in [-0.25, -0.2) is 0 Å². The number of nitro benzene ring substituents is 1. The molecule has 88 valence electrons. The van der Waals surface area contributed by atoms with Gasteiger partial charge in [0.15, 0.2) is 0 Å². The molecular formula is C8H11N2O5P. The third-order valence-corrected chi connectivity index (χ3v) is 3.74. The van der Waals surface area contributed by atoms with Crippen molar-refractivity contribution in [3.05, 3.63) is 39.9 Å². The second kappa shape index (κ2) is 3.95.